The van der Waals surface area contributed by atoms with E-state index < -0.39 is 7.56 Å². The molecule has 2 nitrogen and oxygen atoms in total. The molecule has 76 valence electrons. The van der Waals surface area contributed by atoms with E-state index in [1.54, 1.807) is 0 Å². The summed E-state index contributed by atoms with van der Waals surface area (Å²) in [5, 5.41) is 2.05. The lowest BCUT2D eigenvalue weighted by molar-refractivity contribution is 1.65. The molecule has 0 unspecified atom stereocenters. The fraction of sp³-hybridized carbons (Fsp3) is 0. The van der Waals surface area contributed by atoms with Crippen molar-refractivity contribution in [1.29, 1.82) is 0 Å². The first-order valence-electron chi connectivity index (χ1n) is 4.78. The average molecular weight is 217 g/mol. The van der Waals surface area contributed by atoms with E-state index in [-0.39, 0.29) is 0 Å². The van der Waals surface area contributed by atoms with E-state index in [0.29, 0.717) is 0 Å². The zero-order valence-corrected chi connectivity index (χ0v) is 9.27. The molecule has 4 N–H and O–H groups in total. The van der Waals surface area contributed by atoms with Crippen LogP contribution in [0.25, 0.3) is 0 Å². The molecule has 0 atom stereocenters. The van der Waals surface area contributed by atoms with Gasteiger partial charge in [0, 0.05) is 0 Å². The molecule has 0 aromatic heterocycles. The lowest BCUT2D eigenvalue weighted by Gasteiger charge is -2.15. The molecule has 0 fully saturated rings. The molecule has 2 aromatic rings. The van der Waals surface area contributed by atoms with Crippen LogP contribution in [0.15, 0.2) is 60.7 Å². The summed E-state index contributed by atoms with van der Waals surface area (Å²) in [7, 11) is -2.15. The summed E-state index contributed by atoms with van der Waals surface area (Å²) in [6, 6.07) is 19.7. The first-order chi connectivity index (χ1) is 7.21. The largest absolute Gasteiger partial charge is 0.208 e. The van der Waals surface area contributed by atoms with E-state index >= 15 is 0 Å². The van der Waals surface area contributed by atoms with Gasteiger partial charge in [0.2, 0.25) is 7.56 Å². The molecule has 0 spiro atoms. The molecule has 0 heterocycles. The summed E-state index contributed by atoms with van der Waals surface area (Å²) in [6.45, 7) is 0. The van der Waals surface area contributed by atoms with E-state index in [4.69, 9.17) is 11.0 Å². The Labute approximate surface area is 90.4 Å². The molecule has 3 heteroatoms. The quantitative estimate of drug-likeness (QED) is 0.747. The van der Waals surface area contributed by atoms with Gasteiger partial charge in [-0.25, -0.2) is 0 Å². The van der Waals surface area contributed by atoms with E-state index in [2.05, 4.69) is 0 Å². The van der Waals surface area contributed by atoms with Gasteiger partial charge in [0.05, 0.1) is 0 Å². The Bertz CT molecular complexity index is 384. The molecular formula is C12H14N2P+. The van der Waals surface area contributed by atoms with Crippen LogP contribution in [0.5, 0.6) is 0 Å². The standard InChI is InChI=1S/C12H14N2P/c13-15(14,11-7-3-1-4-8-11)12-9-5-2-6-10-12/h1-10H,13-14H2/q+1. The van der Waals surface area contributed by atoms with Gasteiger partial charge >= 0.3 is 0 Å². The van der Waals surface area contributed by atoms with Crippen molar-refractivity contribution in [2.75, 3.05) is 0 Å². The zero-order valence-electron chi connectivity index (χ0n) is 8.38. The molecule has 15 heavy (non-hydrogen) atoms. The Morgan fingerprint density at radius 3 is 1.27 bits per heavy atom. The van der Waals surface area contributed by atoms with Gasteiger partial charge in [-0.15, -0.1) is 0 Å². The zero-order chi connectivity index (χ0) is 10.7. The van der Waals surface area contributed by atoms with Gasteiger partial charge in [0.15, 0.2) is 0 Å². The first-order valence-corrected chi connectivity index (χ1v) is 6.71. The van der Waals surface area contributed by atoms with Gasteiger partial charge in [-0.2, -0.15) is 11.0 Å². The van der Waals surface area contributed by atoms with Crippen molar-refractivity contribution >= 4 is 18.2 Å². The van der Waals surface area contributed by atoms with Gasteiger partial charge in [0.1, 0.15) is 10.6 Å². The number of benzene rings is 2. The van der Waals surface area contributed by atoms with Crippen molar-refractivity contribution < 1.29 is 0 Å². The van der Waals surface area contributed by atoms with Gasteiger partial charge in [-0.3, -0.25) is 0 Å². The third kappa shape index (κ3) is 2.07. The molecule has 0 aliphatic carbocycles. The minimum atomic E-state index is -2.15. The highest BCUT2D eigenvalue weighted by Gasteiger charge is 2.33. The van der Waals surface area contributed by atoms with Crippen LogP contribution in [0.2, 0.25) is 0 Å². The van der Waals surface area contributed by atoms with Gasteiger partial charge < -0.3 is 0 Å². The Hall–Kier alpha value is -1.21. The lowest BCUT2D eigenvalue weighted by Crippen LogP contribution is -2.34. The van der Waals surface area contributed by atoms with Crippen LogP contribution in [-0.2, 0) is 0 Å². The monoisotopic (exact) mass is 217 g/mol. The maximum atomic E-state index is 6.25. The second-order valence-electron chi connectivity index (χ2n) is 3.45. The predicted molar refractivity (Wildman–Crippen MR) is 67.4 cm³/mol. The highest BCUT2D eigenvalue weighted by Crippen LogP contribution is 2.38. The number of hydrogen-bond acceptors (Lipinski definition) is 2. The third-order valence-electron chi connectivity index (χ3n) is 2.37. The normalized spacial score (nSPS) is 11.3. The highest BCUT2D eigenvalue weighted by atomic mass is 31.2. The van der Waals surface area contributed by atoms with Crippen LogP contribution in [-0.4, -0.2) is 0 Å². The number of hydrogen-bond donors (Lipinski definition) is 2. The van der Waals surface area contributed by atoms with Crippen LogP contribution in [0.1, 0.15) is 0 Å². The topological polar surface area (TPSA) is 52.0 Å². The third-order valence-corrected chi connectivity index (χ3v) is 4.67. The SMILES string of the molecule is N[P+](N)(c1ccccc1)c1ccccc1. The van der Waals surface area contributed by atoms with Crippen molar-refractivity contribution in [2.45, 2.75) is 0 Å². The van der Waals surface area contributed by atoms with Crippen molar-refractivity contribution in [3.05, 3.63) is 60.7 Å². The Kier molecular flexibility index (Phi) is 2.83. The maximum absolute atomic E-state index is 6.25. The molecule has 0 radical (unpaired) electrons. The first kappa shape index (κ1) is 10.3. The second kappa shape index (κ2) is 4.11. The summed E-state index contributed by atoms with van der Waals surface area (Å²) in [5.41, 5.74) is 12.5. The summed E-state index contributed by atoms with van der Waals surface area (Å²) >= 11 is 0. The smallest absolute Gasteiger partial charge is 0.180 e. The molecular weight excluding hydrogens is 203 g/mol. The van der Waals surface area contributed by atoms with Gasteiger partial charge in [-0.05, 0) is 24.3 Å². The number of rotatable bonds is 2. The van der Waals surface area contributed by atoms with Crippen LogP contribution < -0.4 is 21.6 Å². The van der Waals surface area contributed by atoms with Crippen molar-refractivity contribution in [2.24, 2.45) is 11.0 Å². The molecule has 0 saturated heterocycles. The van der Waals surface area contributed by atoms with E-state index in [1.165, 1.54) is 0 Å². The molecule has 0 aliphatic heterocycles. The van der Waals surface area contributed by atoms with E-state index in [9.17, 15) is 0 Å². The molecule has 2 rings (SSSR count). The molecule has 0 saturated carbocycles. The van der Waals surface area contributed by atoms with Crippen LogP contribution in [0.4, 0.5) is 0 Å². The molecule has 0 aliphatic rings. The summed E-state index contributed by atoms with van der Waals surface area (Å²) in [6.07, 6.45) is 0. The van der Waals surface area contributed by atoms with E-state index in [0.717, 1.165) is 10.6 Å². The fourth-order valence-corrected chi connectivity index (χ4v) is 3.13. The van der Waals surface area contributed by atoms with Crippen LogP contribution >= 0.6 is 7.56 Å². The second-order valence-corrected chi connectivity index (χ2v) is 6.04. The predicted octanol–water partition coefficient (Wildman–Crippen LogP) is 1.40. The minimum Gasteiger partial charge on any atom is -0.180 e. The summed E-state index contributed by atoms with van der Waals surface area (Å²) in [5.74, 6) is 0. The van der Waals surface area contributed by atoms with Gasteiger partial charge in [-0.1, -0.05) is 36.4 Å². The summed E-state index contributed by atoms with van der Waals surface area (Å²) in [4.78, 5) is 0. The lowest BCUT2D eigenvalue weighted by atomic mass is 10.4. The number of nitrogens with two attached hydrogens (primary N) is 2. The highest BCUT2D eigenvalue weighted by molar-refractivity contribution is 7.85. The molecule has 0 amide bonds. The van der Waals surface area contributed by atoms with Crippen molar-refractivity contribution in [3.8, 4) is 0 Å². The maximum Gasteiger partial charge on any atom is 0.208 e. The Morgan fingerprint density at radius 2 is 0.933 bits per heavy atom. The Morgan fingerprint density at radius 1 is 0.600 bits per heavy atom. The van der Waals surface area contributed by atoms with Gasteiger partial charge in [0.25, 0.3) is 0 Å². The minimum absolute atomic E-state index is 1.02. The van der Waals surface area contributed by atoms with Crippen molar-refractivity contribution in [1.82, 2.24) is 0 Å². The molecule has 2 aromatic carbocycles. The summed E-state index contributed by atoms with van der Waals surface area (Å²) < 4.78 is 0. The molecule has 0 bridgehead atoms. The van der Waals surface area contributed by atoms with Crippen LogP contribution in [0.3, 0.4) is 0 Å². The van der Waals surface area contributed by atoms with Crippen LogP contribution in [0, 0.1) is 0 Å². The van der Waals surface area contributed by atoms with E-state index in [1.807, 2.05) is 60.7 Å². The Balaban J connectivity index is 2.44. The average Bonchev–Trinajstić information content (AvgIpc) is 2.31. The fourth-order valence-electron chi connectivity index (χ4n) is 1.50. The van der Waals surface area contributed by atoms with Crippen molar-refractivity contribution in [3.63, 3.8) is 0 Å².